The molecule has 10 heteroatoms. The topological polar surface area (TPSA) is 117 Å². The van der Waals surface area contributed by atoms with Crippen LogP contribution in [0.25, 0.3) is 0 Å². The van der Waals surface area contributed by atoms with Crippen molar-refractivity contribution in [3.05, 3.63) is 48.0 Å². The number of nitrogens with one attached hydrogen (secondary N) is 1. The molecule has 0 aromatic heterocycles. The smallest absolute Gasteiger partial charge is 0.337 e. The standard InChI is InChI=1S/C21H23NO8S/c1-13(2)19(21(24)30-15-6-4-14(5-7-15)20(23)27-3)22-31(25,26)16-8-9-17-18(12-16)29-11-10-28-17/h4-9,12-13,19,22H,10-11H2,1-3H3. The summed E-state index contributed by atoms with van der Waals surface area (Å²) in [5, 5.41) is 0. The Bertz CT molecular complexity index is 1060. The van der Waals surface area contributed by atoms with E-state index in [1.165, 1.54) is 49.6 Å². The van der Waals surface area contributed by atoms with E-state index in [1.54, 1.807) is 13.8 Å². The first-order valence-corrected chi connectivity index (χ1v) is 11.0. The van der Waals surface area contributed by atoms with Gasteiger partial charge in [0.2, 0.25) is 10.0 Å². The highest BCUT2D eigenvalue weighted by Gasteiger charge is 2.31. The lowest BCUT2D eigenvalue weighted by Gasteiger charge is -2.22. The molecular formula is C21H23NO8S. The summed E-state index contributed by atoms with van der Waals surface area (Å²) in [7, 11) is -2.78. The number of rotatable bonds is 7. The minimum atomic E-state index is -4.04. The molecule has 1 aliphatic rings. The summed E-state index contributed by atoms with van der Waals surface area (Å²) in [6.07, 6.45) is 0. The monoisotopic (exact) mass is 449 g/mol. The fourth-order valence-corrected chi connectivity index (χ4v) is 4.19. The Morgan fingerprint density at radius 3 is 2.26 bits per heavy atom. The van der Waals surface area contributed by atoms with Crippen LogP contribution in [0.4, 0.5) is 0 Å². The lowest BCUT2D eigenvalue weighted by molar-refractivity contribution is -0.137. The molecule has 0 radical (unpaired) electrons. The Labute approximate surface area is 180 Å². The van der Waals surface area contributed by atoms with E-state index in [-0.39, 0.29) is 10.6 Å². The summed E-state index contributed by atoms with van der Waals surface area (Å²) in [6, 6.07) is 8.84. The minimum Gasteiger partial charge on any atom is -0.486 e. The van der Waals surface area contributed by atoms with Crippen molar-refractivity contribution in [3.8, 4) is 17.2 Å². The normalized spacial score (nSPS) is 14.1. The maximum absolute atomic E-state index is 12.9. The molecule has 0 saturated carbocycles. The van der Waals surface area contributed by atoms with E-state index in [0.29, 0.717) is 30.3 Å². The van der Waals surface area contributed by atoms with E-state index in [0.717, 1.165) is 0 Å². The fraction of sp³-hybridized carbons (Fsp3) is 0.333. The average Bonchev–Trinajstić information content (AvgIpc) is 2.76. The Hall–Kier alpha value is -3.11. The second kappa shape index (κ2) is 9.36. The van der Waals surface area contributed by atoms with E-state index >= 15 is 0 Å². The van der Waals surface area contributed by atoms with Gasteiger partial charge in [0.25, 0.3) is 0 Å². The number of hydrogen-bond acceptors (Lipinski definition) is 8. The van der Waals surface area contributed by atoms with Gasteiger partial charge < -0.3 is 18.9 Å². The van der Waals surface area contributed by atoms with Gasteiger partial charge in [0.15, 0.2) is 11.5 Å². The molecule has 166 valence electrons. The van der Waals surface area contributed by atoms with Gasteiger partial charge in [-0.2, -0.15) is 4.72 Å². The van der Waals surface area contributed by atoms with Crippen LogP contribution < -0.4 is 18.9 Å². The van der Waals surface area contributed by atoms with Crippen molar-refractivity contribution in [1.29, 1.82) is 0 Å². The molecule has 9 nitrogen and oxygen atoms in total. The van der Waals surface area contributed by atoms with E-state index < -0.39 is 33.9 Å². The maximum atomic E-state index is 12.9. The number of carbonyl (C=O) groups is 2. The zero-order chi connectivity index (χ0) is 22.6. The van der Waals surface area contributed by atoms with Gasteiger partial charge in [0.05, 0.1) is 17.6 Å². The van der Waals surface area contributed by atoms with Gasteiger partial charge >= 0.3 is 11.9 Å². The van der Waals surface area contributed by atoms with Gasteiger partial charge in [-0.05, 0) is 42.3 Å². The molecule has 2 aromatic carbocycles. The van der Waals surface area contributed by atoms with Crippen molar-refractivity contribution in [2.75, 3.05) is 20.3 Å². The first-order valence-electron chi connectivity index (χ1n) is 9.53. The molecule has 0 fully saturated rings. The number of fused-ring (bicyclic) bond motifs is 1. The zero-order valence-electron chi connectivity index (χ0n) is 17.3. The van der Waals surface area contributed by atoms with Gasteiger partial charge in [0, 0.05) is 6.07 Å². The van der Waals surface area contributed by atoms with Gasteiger partial charge in [-0.1, -0.05) is 13.8 Å². The molecule has 31 heavy (non-hydrogen) atoms. The first-order chi connectivity index (χ1) is 14.7. The Balaban J connectivity index is 1.75. The molecule has 1 heterocycles. The molecule has 0 bridgehead atoms. The molecule has 0 amide bonds. The molecule has 2 aromatic rings. The molecule has 1 aliphatic heterocycles. The van der Waals surface area contributed by atoms with Crippen LogP contribution in [0.15, 0.2) is 47.4 Å². The molecule has 0 saturated heterocycles. The van der Waals surface area contributed by atoms with Crippen molar-refractivity contribution in [3.63, 3.8) is 0 Å². The number of esters is 2. The summed E-state index contributed by atoms with van der Waals surface area (Å²) in [4.78, 5) is 24.1. The Morgan fingerprint density at radius 2 is 1.65 bits per heavy atom. The largest absolute Gasteiger partial charge is 0.486 e. The third kappa shape index (κ3) is 5.33. The second-order valence-electron chi connectivity index (χ2n) is 7.09. The predicted molar refractivity (Wildman–Crippen MR) is 110 cm³/mol. The summed E-state index contributed by atoms with van der Waals surface area (Å²) in [6.45, 7) is 4.09. The lowest BCUT2D eigenvalue weighted by atomic mass is 10.1. The fourth-order valence-electron chi connectivity index (χ4n) is 2.84. The van der Waals surface area contributed by atoms with Gasteiger partial charge in [-0.3, -0.25) is 0 Å². The van der Waals surface area contributed by atoms with Crippen molar-refractivity contribution >= 4 is 22.0 Å². The summed E-state index contributed by atoms with van der Waals surface area (Å²) >= 11 is 0. The van der Waals surface area contributed by atoms with Crippen LogP contribution in [0.5, 0.6) is 17.2 Å². The maximum Gasteiger partial charge on any atom is 0.337 e. The highest BCUT2D eigenvalue weighted by molar-refractivity contribution is 7.89. The van der Waals surface area contributed by atoms with Gasteiger partial charge in [-0.25, -0.2) is 18.0 Å². The summed E-state index contributed by atoms with van der Waals surface area (Å²) in [5.74, 6) is -0.744. The van der Waals surface area contributed by atoms with Crippen LogP contribution in [0.2, 0.25) is 0 Å². The number of methoxy groups -OCH3 is 1. The van der Waals surface area contributed by atoms with Gasteiger partial charge in [0.1, 0.15) is 25.0 Å². The van der Waals surface area contributed by atoms with Crippen molar-refractivity contribution in [2.45, 2.75) is 24.8 Å². The van der Waals surface area contributed by atoms with E-state index in [9.17, 15) is 18.0 Å². The van der Waals surface area contributed by atoms with Crippen molar-refractivity contribution in [2.24, 2.45) is 5.92 Å². The van der Waals surface area contributed by atoms with Crippen LogP contribution >= 0.6 is 0 Å². The SMILES string of the molecule is COC(=O)c1ccc(OC(=O)C(NS(=O)(=O)c2ccc3c(c2)OCCO3)C(C)C)cc1. The quantitative estimate of drug-likeness (QED) is 0.505. The van der Waals surface area contributed by atoms with E-state index in [4.69, 9.17) is 14.2 Å². The first kappa shape index (κ1) is 22.6. The molecule has 0 aliphatic carbocycles. The molecule has 0 spiro atoms. The number of benzene rings is 2. The number of carbonyl (C=O) groups excluding carboxylic acids is 2. The van der Waals surface area contributed by atoms with Crippen LogP contribution in [0.3, 0.4) is 0 Å². The summed E-state index contributed by atoms with van der Waals surface area (Å²) < 4.78 is 48.9. The summed E-state index contributed by atoms with van der Waals surface area (Å²) in [5.41, 5.74) is 0.294. The van der Waals surface area contributed by atoms with E-state index in [1.807, 2.05) is 0 Å². The van der Waals surface area contributed by atoms with Crippen molar-refractivity contribution in [1.82, 2.24) is 4.72 Å². The number of sulfonamides is 1. The molecule has 1 N–H and O–H groups in total. The average molecular weight is 449 g/mol. The van der Waals surface area contributed by atoms with Gasteiger partial charge in [-0.15, -0.1) is 0 Å². The highest BCUT2D eigenvalue weighted by atomic mass is 32.2. The van der Waals surface area contributed by atoms with Crippen LogP contribution in [0, 0.1) is 5.92 Å². The van der Waals surface area contributed by atoms with E-state index in [2.05, 4.69) is 9.46 Å². The molecule has 3 rings (SSSR count). The van der Waals surface area contributed by atoms with Crippen LogP contribution in [0.1, 0.15) is 24.2 Å². The highest BCUT2D eigenvalue weighted by Crippen LogP contribution is 2.32. The molecule has 1 unspecified atom stereocenters. The van der Waals surface area contributed by atoms with Crippen molar-refractivity contribution < 1.29 is 37.0 Å². The predicted octanol–water partition coefficient (Wildman–Crippen LogP) is 2.15. The minimum absolute atomic E-state index is 0.0577. The number of hydrogen-bond donors (Lipinski definition) is 1. The third-order valence-corrected chi connectivity index (χ3v) is 5.96. The zero-order valence-corrected chi connectivity index (χ0v) is 18.1. The Morgan fingerprint density at radius 1 is 1.00 bits per heavy atom. The molecule has 1 atom stereocenters. The molecular weight excluding hydrogens is 426 g/mol. The Kier molecular flexibility index (Phi) is 6.81. The number of ether oxygens (including phenoxy) is 4. The third-order valence-electron chi connectivity index (χ3n) is 4.52. The van der Waals surface area contributed by atoms with Crippen LogP contribution in [-0.2, 0) is 19.6 Å². The second-order valence-corrected chi connectivity index (χ2v) is 8.80. The van der Waals surface area contributed by atoms with Crippen LogP contribution in [-0.4, -0.2) is 46.7 Å². The lowest BCUT2D eigenvalue weighted by Crippen LogP contribution is -2.46.